The van der Waals surface area contributed by atoms with Crippen LogP contribution in [-0.4, -0.2) is 26.7 Å². The summed E-state index contributed by atoms with van der Waals surface area (Å²) < 4.78 is 1.40. The van der Waals surface area contributed by atoms with E-state index < -0.39 is 4.92 Å². The Kier molecular flexibility index (Phi) is 2.73. The molecule has 17 heavy (non-hydrogen) atoms. The van der Waals surface area contributed by atoms with Crippen molar-refractivity contribution in [2.24, 2.45) is 0 Å². The molecule has 0 radical (unpaired) electrons. The van der Waals surface area contributed by atoms with E-state index in [0.29, 0.717) is 5.82 Å². The summed E-state index contributed by atoms with van der Waals surface area (Å²) in [6, 6.07) is 4.72. The Hall–Kier alpha value is -2.44. The summed E-state index contributed by atoms with van der Waals surface area (Å²) in [7, 11) is 1.70. The van der Waals surface area contributed by atoms with Crippen LogP contribution in [0.25, 0.3) is 5.82 Å². The van der Waals surface area contributed by atoms with Crippen molar-refractivity contribution in [2.45, 2.75) is 6.92 Å². The van der Waals surface area contributed by atoms with Gasteiger partial charge in [0.15, 0.2) is 0 Å². The van der Waals surface area contributed by atoms with E-state index in [-0.39, 0.29) is 11.5 Å². The van der Waals surface area contributed by atoms with Gasteiger partial charge in [0, 0.05) is 19.3 Å². The predicted molar refractivity (Wildman–Crippen MR) is 62.3 cm³/mol. The fourth-order valence-electron chi connectivity index (χ4n) is 1.42. The monoisotopic (exact) mass is 233 g/mol. The van der Waals surface area contributed by atoms with Gasteiger partial charge in [-0.1, -0.05) is 0 Å². The standard InChI is InChI=1S/C10H11N5O2/c1-7-5-6-14(13-7)10-8(15(16)17)3-4-9(11-2)12-10/h3-6H,1-2H3,(H,11,12). The summed E-state index contributed by atoms with van der Waals surface area (Å²) in [4.78, 5) is 14.6. The second-order valence-corrected chi connectivity index (χ2v) is 3.45. The lowest BCUT2D eigenvalue weighted by molar-refractivity contribution is -0.384. The molecular weight excluding hydrogens is 222 g/mol. The molecule has 0 fully saturated rings. The van der Waals surface area contributed by atoms with Crippen LogP contribution in [0, 0.1) is 17.0 Å². The van der Waals surface area contributed by atoms with Crippen molar-refractivity contribution in [3.05, 3.63) is 40.2 Å². The lowest BCUT2D eigenvalue weighted by Gasteiger charge is -2.04. The lowest BCUT2D eigenvalue weighted by Crippen LogP contribution is -2.05. The molecule has 2 aromatic heterocycles. The van der Waals surface area contributed by atoms with Crippen molar-refractivity contribution >= 4 is 11.5 Å². The van der Waals surface area contributed by atoms with Crippen LogP contribution in [0.5, 0.6) is 0 Å². The van der Waals surface area contributed by atoms with Crippen LogP contribution >= 0.6 is 0 Å². The van der Waals surface area contributed by atoms with Gasteiger partial charge in [0.25, 0.3) is 0 Å². The number of pyridine rings is 1. The molecule has 1 N–H and O–H groups in total. The first-order valence-corrected chi connectivity index (χ1v) is 4.97. The maximum atomic E-state index is 10.9. The average Bonchev–Trinajstić information content (AvgIpc) is 2.75. The molecule has 0 saturated carbocycles. The summed E-state index contributed by atoms with van der Waals surface area (Å²) in [5.74, 6) is 0.758. The highest BCUT2D eigenvalue weighted by Crippen LogP contribution is 2.22. The number of rotatable bonds is 3. The van der Waals surface area contributed by atoms with E-state index in [2.05, 4.69) is 15.4 Å². The Morgan fingerprint density at radius 2 is 2.18 bits per heavy atom. The van der Waals surface area contributed by atoms with Gasteiger partial charge in [0.1, 0.15) is 5.82 Å². The molecule has 2 heterocycles. The number of hydrogen-bond donors (Lipinski definition) is 1. The van der Waals surface area contributed by atoms with Gasteiger partial charge in [-0.2, -0.15) is 5.10 Å². The van der Waals surface area contributed by atoms with Gasteiger partial charge in [-0.25, -0.2) is 9.67 Å². The third-order valence-corrected chi connectivity index (χ3v) is 2.25. The number of nitrogens with zero attached hydrogens (tertiary/aromatic N) is 4. The first-order chi connectivity index (χ1) is 8.11. The Labute approximate surface area is 97.2 Å². The van der Waals surface area contributed by atoms with Crippen LogP contribution in [-0.2, 0) is 0 Å². The molecular formula is C10H11N5O2. The Morgan fingerprint density at radius 1 is 1.41 bits per heavy atom. The third-order valence-electron chi connectivity index (χ3n) is 2.25. The Morgan fingerprint density at radius 3 is 2.71 bits per heavy atom. The van der Waals surface area contributed by atoms with Gasteiger partial charge < -0.3 is 5.32 Å². The predicted octanol–water partition coefficient (Wildman–Crippen LogP) is 1.53. The summed E-state index contributed by atoms with van der Waals surface area (Å²) in [6.45, 7) is 1.81. The van der Waals surface area contributed by atoms with Crippen molar-refractivity contribution < 1.29 is 4.92 Å². The van der Waals surface area contributed by atoms with E-state index in [9.17, 15) is 10.1 Å². The minimum atomic E-state index is -0.473. The Bertz CT molecular complexity index is 564. The van der Waals surface area contributed by atoms with Crippen molar-refractivity contribution in [2.75, 3.05) is 12.4 Å². The molecule has 88 valence electrons. The largest absolute Gasteiger partial charge is 0.373 e. The van der Waals surface area contributed by atoms with E-state index in [4.69, 9.17) is 0 Å². The van der Waals surface area contributed by atoms with Gasteiger partial charge in [-0.3, -0.25) is 10.1 Å². The molecule has 0 unspecified atom stereocenters. The van der Waals surface area contributed by atoms with Gasteiger partial charge in [0.05, 0.1) is 10.6 Å². The zero-order chi connectivity index (χ0) is 12.4. The van der Waals surface area contributed by atoms with Crippen LogP contribution in [0.1, 0.15) is 5.69 Å². The first-order valence-electron chi connectivity index (χ1n) is 4.97. The van der Waals surface area contributed by atoms with Crippen LogP contribution in [0.3, 0.4) is 0 Å². The first kappa shape index (κ1) is 11.1. The quantitative estimate of drug-likeness (QED) is 0.641. The summed E-state index contributed by atoms with van der Waals surface area (Å²) in [6.07, 6.45) is 1.64. The van der Waals surface area contributed by atoms with Crippen LogP contribution in [0.2, 0.25) is 0 Å². The molecule has 0 spiro atoms. The number of nitrogens with one attached hydrogen (secondary N) is 1. The zero-order valence-electron chi connectivity index (χ0n) is 9.41. The van der Waals surface area contributed by atoms with Crippen molar-refractivity contribution in [3.63, 3.8) is 0 Å². The molecule has 7 heteroatoms. The highest BCUT2D eigenvalue weighted by molar-refractivity contribution is 5.52. The van der Waals surface area contributed by atoms with E-state index in [1.54, 1.807) is 25.4 Å². The lowest BCUT2D eigenvalue weighted by atomic mass is 10.3. The van der Waals surface area contributed by atoms with Gasteiger partial charge in [-0.15, -0.1) is 0 Å². The molecule has 0 aromatic carbocycles. The molecule has 0 amide bonds. The Balaban J connectivity index is 2.60. The van der Waals surface area contributed by atoms with E-state index >= 15 is 0 Å². The number of aromatic nitrogens is 3. The molecule has 0 bridgehead atoms. The number of aryl methyl sites for hydroxylation is 1. The number of nitro groups is 1. The molecule has 0 aliphatic heterocycles. The van der Waals surface area contributed by atoms with Crippen molar-refractivity contribution in [3.8, 4) is 5.82 Å². The fourth-order valence-corrected chi connectivity index (χ4v) is 1.42. The number of hydrogen-bond acceptors (Lipinski definition) is 5. The maximum absolute atomic E-state index is 10.9. The summed E-state index contributed by atoms with van der Waals surface area (Å²) >= 11 is 0. The van der Waals surface area contributed by atoms with Crippen molar-refractivity contribution in [1.82, 2.24) is 14.8 Å². The summed E-state index contributed by atoms with van der Waals surface area (Å²) in [5, 5.41) is 17.9. The number of anilines is 1. The molecule has 2 rings (SSSR count). The smallest absolute Gasteiger partial charge is 0.313 e. The van der Waals surface area contributed by atoms with E-state index in [0.717, 1.165) is 5.69 Å². The third kappa shape index (κ3) is 2.07. The SMILES string of the molecule is CNc1ccc([N+](=O)[O-])c(-n2ccc(C)n2)n1. The highest BCUT2D eigenvalue weighted by atomic mass is 16.6. The second kappa shape index (κ2) is 4.20. The second-order valence-electron chi connectivity index (χ2n) is 3.45. The van der Waals surface area contributed by atoms with Crippen LogP contribution in [0.15, 0.2) is 24.4 Å². The molecule has 0 atom stereocenters. The van der Waals surface area contributed by atoms with Gasteiger partial charge >= 0.3 is 5.69 Å². The van der Waals surface area contributed by atoms with E-state index in [1.807, 2.05) is 6.92 Å². The molecule has 0 saturated heterocycles. The molecule has 2 aromatic rings. The average molecular weight is 233 g/mol. The minimum Gasteiger partial charge on any atom is -0.373 e. The molecule has 0 aliphatic rings. The normalized spacial score (nSPS) is 10.2. The fraction of sp³-hybridized carbons (Fsp3) is 0.200. The van der Waals surface area contributed by atoms with Gasteiger partial charge in [-0.05, 0) is 19.1 Å². The van der Waals surface area contributed by atoms with Crippen molar-refractivity contribution in [1.29, 1.82) is 0 Å². The molecule has 0 aliphatic carbocycles. The van der Waals surface area contributed by atoms with Gasteiger partial charge in [0.2, 0.25) is 5.82 Å². The topological polar surface area (TPSA) is 85.9 Å². The zero-order valence-corrected chi connectivity index (χ0v) is 9.41. The summed E-state index contributed by atoms with van der Waals surface area (Å²) in [5.41, 5.74) is 0.697. The molecule has 7 nitrogen and oxygen atoms in total. The minimum absolute atomic E-state index is 0.0768. The van der Waals surface area contributed by atoms with E-state index in [1.165, 1.54) is 10.7 Å². The maximum Gasteiger partial charge on any atom is 0.313 e. The van der Waals surface area contributed by atoms with Crippen LogP contribution < -0.4 is 5.32 Å². The highest BCUT2D eigenvalue weighted by Gasteiger charge is 2.18. The van der Waals surface area contributed by atoms with Crippen LogP contribution in [0.4, 0.5) is 11.5 Å².